The summed E-state index contributed by atoms with van der Waals surface area (Å²) in [6.07, 6.45) is -1.40. The van der Waals surface area contributed by atoms with E-state index >= 15 is 0 Å². The summed E-state index contributed by atoms with van der Waals surface area (Å²) in [4.78, 5) is 19.4. The lowest BCUT2D eigenvalue weighted by molar-refractivity contribution is -0.0711. The second-order valence-electron chi connectivity index (χ2n) is 4.56. The Balaban J connectivity index is 2.03. The molecular formula is C10H12N8O4. The maximum atomic E-state index is 10.1. The molecule has 4 atom stereocenters. The van der Waals surface area contributed by atoms with Crippen LogP contribution in [0.15, 0.2) is 17.9 Å². The van der Waals surface area contributed by atoms with Crippen LogP contribution in [0.5, 0.6) is 0 Å². The van der Waals surface area contributed by atoms with Crippen molar-refractivity contribution in [1.82, 2.24) is 19.5 Å². The highest BCUT2D eigenvalue weighted by Gasteiger charge is 2.46. The van der Waals surface area contributed by atoms with Crippen molar-refractivity contribution in [2.75, 3.05) is 12.3 Å². The highest BCUT2D eigenvalue weighted by Crippen LogP contribution is 2.33. The van der Waals surface area contributed by atoms with Crippen molar-refractivity contribution in [2.45, 2.75) is 24.5 Å². The summed E-state index contributed by atoms with van der Waals surface area (Å²) in [5.74, 6) is 0.188. The van der Waals surface area contributed by atoms with Gasteiger partial charge in [0.05, 0.1) is 12.9 Å². The quantitative estimate of drug-likeness (QED) is 0.286. The molecule has 1 aliphatic heterocycles. The van der Waals surface area contributed by atoms with E-state index in [9.17, 15) is 10.2 Å². The SMILES string of the molecule is [N-]=[N+]=NOC1C(O)[C@H](CO)O[C@@H]1n1cnc2c(N)ncnc21. The zero-order valence-electron chi connectivity index (χ0n) is 11.1. The maximum absolute atomic E-state index is 10.1. The fourth-order valence-corrected chi connectivity index (χ4v) is 2.34. The van der Waals surface area contributed by atoms with E-state index in [1.54, 1.807) is 0 Å². The van der Waals surface area contributed by atoms with Gasteiger partial charge in [-0.05, 0) is 5.53 Å². The summed E-state index contributed by atoms with van der Waals surface area (Å²) < 4.78 is 7.00. The second-order valence-corrected chi connectivity index (χ2v) is 4.56. The lowest BCUT2D eigenvalue weighted by Crippen LogP contribution is -2.34. The number of aliphatic hydroxyl groups is 2. The molecule has 1 saturated heterocycles. The van der Waals surface area contributed by atoms with Crippen LogP contribution in [0.4, 0.5) is 5.82 Å². The molecule has 1 fully saturated rings. The third-order valence-electron chi connectivity index (χ3n) is 3.36. The molecule has 0 aliphatic carbocycles. The summed E-state index contributed by atoms with van der Waals surface area (Å²) in [6.45, 7) is -0.433. The minimum Gasteiger partial charge on any atom is -0.422 e. The van der Waals surface area contributed by atoms with E-state index in [0.717, 1.165) is 0 Å². The molecule has 22 heavy (non-hydrogen) atoms. The van der Waals surface area contributed by atoms with Gasteiger partial charge in [-0.25, -0.2) is 15.0 Å². The van der Waals surface area contributed by atoms with Crippen LogP contribution in [0.1, 0.15) is 6.23 Å². The first-order chi connectivity index (χ1) is 10.7. The van der Waals surface area contributed by atoms with Crippen LogP contribution < -0.4 is 5.73 Å². The molecule has 12 nitrogen and oxygen atoms in total. The Morgan fingerprint density at radius 2 is 2.32 bits per heavy atom. The van der Waals surface area contributed by atoms with Gasteiger partial charge < -0.3 is 25.5 Å². The fraction of sp³-hybridized carbons (Fsp3) is 0.500. The van der Waals surface area contributed by atoms with Crippen molar-refractivity contribution in [2.24, 2.45) is 5.28 Å². The third-order valence-corrected chi connectivity index (χ3v) is 3.36. The molecule has 0 spiro atoms. The first kappa shape index (κ1) is 14.3. The molecule has 0 bridgehead atoms. The standard InChI is InChI=1S/C10H12N8O4/c11-8-5-9(14-2-13-8)18(3-15-5)10-7(22-17-16-12)6(20)4(1-19)21-10/h2-4,6-7,10,19-20H,1H2,(H2,11,13,14)/t4-,6?,7?,10-/m0/s1. The highest BCUT2D eigenvalue weighted by atomic mass is 16.7. The molecule has 0 aromatic carbocycles. The molecule has 116 valence electrons. The number of rotatable bonds is 4. The van der Waals surface area contributed by atoms with Crippen molar-refractivity contribution in [1.29, 1.82) is 0 Å². The molecule has 2 unspecified atom stereocenters. The first-order valence-electron chi connectivity index (χ1n) is 6.25. The highest BCUT2D eigenvalue weighted by molar-refractivity contribution is 5.81. The number of aromatic nitrogens is 4. The van der Waals surface area contributed by atoms with Crippen LogP contribution >= 0.6 is 0 Å². The summed E-state index contributed by atoms with van der Waals surface area (Å²) >= 11 is 0. The lowest BCUT2D eigenvalue weighted by atomic mass is 10.1. The van der Waals surface area contributed by atoms with E-state index in [1.807, 2.05) is 0 Å². The van der Waals surface area contributed by atoms with E-state index in [1.165, 1.54) is 17.2 Å². The molecule has 1 aliphatic rings. The van der Waals surface area contributed by atoms with Gasteiger partial charge in [0.15, 0.2) is 23.8 Å². The monoisotopic (exact) mass is 308 g/mol. The second kappa shape index (κ2) is 5.61. The molecule has 12 heteroatoms. The van der Waals surface area contributed by atoms with E-state index in [2.05, 4.69) is 25.1 Å². The van der Waals surface area contributed by atoms with Crippen LogP contribution in [0.2, 0.25) is 0 Å². The molecule has 0 amide bonds. The van der Waals surface area contributed by atoms with Crippen molar-refractivity contribution in [3.05, 3.63) is 23.1 Å². The molecule has 2 aromatic heterocycles. The average molecular weight is 308 g/mol. The largest absolute Gasteiger partial charge is 0.422 e. The Morgan fingerprint density at radius 1 is 1.50 bits per heavy atom. The predicted molar refractivity (Wildman–Crippen MR) is 70.8 cm³/mol. The van der Waals surface area contributed by atoms with E-state index in [-0.39, 0.29) is 5.82 Å². The Bertz CT molecular complexity index is 729. The van der Waals surface area contributed by atoms with Crippen molar-refractivity contribution < 1.29 is 19.8 Å². The number of hydrogen-bond donors (Lipinski definition) is 3. The summed E-state index contributed by atoms with van der Waals surface area (Å²) in [7, 11) is 0. The predicted octanol–water partition coefficient (Wildman–Crippen LogP) is -0.730. The minimum atomic E-state index is -1.20. The smallest absolute Gasteiger partial charge is 0.181 e. The van der Waals surface area contributed by atoms with Crippen LogP contribution in [-0.4, -0.2) is 54.7 Å². The average Bonchev–Trinajstić information content (AvgIpc) is 3.07. The van der Waals surface area contributed by atoms with E-state index in [0.29, 0.717) is 11.2 Å². The van der Waals surface area contributed by atoms with Crippen LogP contribution in [0.25, 0.3) is 21.6 Å². The topological polar surface area (TPSA) is 177 Å². The normalized spacial score (nSPS) is 27.7. The number of hydrogen-bond acceptors (Lipinski definition) is 9. The van der Waals surface area contributed by atoms with Crippen LogP contribution in [-0.2, 0) is 9.57 Å². The number of fused-ring (bicyclic) bond motifs is 1. The number of azide groups is 1. The summed E-state index contributed by atoms with van der Waals surface area (Å²) in [5.41, 5.74) is 14.8. The lowest BCUT2D eigenvalue weighted by Gasteiger charge is -2.19. The number of nitrogens with zero attached hydrogens (tertiary/aromatic N) is 7. The van der Waals surface area contributed by atoms with Crippen molar-refractivity contribution in [3.8, 4) is 0 Å². The number of anilines is 1. The van der Waals surface area contributed by atoms with Gasteiger partial charge in [0.25, 0.3) is 0 Å². The van der Waals surface area contributed by atoms with Crippen LogP contribution in [0.3, 0.4) is 0 Å². The zero-order valence-corrected chi connectivity index (χ0v) is 11.1. The van der Waals surface area contributed by atoms with Gasteiger partial charge in [-0.15, -0.1) is 0 Å². The fourth-order valence-electron chi connectivity index (χ4n) is 2.34. The molecule has 3 heterocycles. The Kier molecular flexibility index (Phi) is 3.65. The van der Waals surface area contributed by atoms with Gasteiger partial charge in [-0.1, -0.05) is 0 Å². The molecule has 2 aromatic rings. The molecule has 4 N–H and O–H groups in total. The number of aliphatic hydroxyl groups excluding tert-OH is 2. The van der Waals surface area contributed by atoms with Crippen molar-refractivity contribution >= 4 is 17.0 Å². The van der Waals surface area contributed by atoms with E-state index < -0.39 is 31.1 Å². The Labute approximate surface area is 122 Å². The molecule has 0 saturated carbocycles. The number of nitrogens with two attached hydrogens (primary N) is 1. The molecular weight excluding hydrogens is 296 g/mol. The zero-order chi connectivity index (χ0) is 15.7. The first-order valence-corrected chi connectivity index (χ1v) is 6.25. The summed E-state index contributed by atoms with van der Waals surface area (Å²) in [6, 6.07) is 0. The van der Waals surface area contributed by atoms with Crippen molar-refractivity contribution in [3.63, 3.8) is 0 Å². The van der Waals surface area contributed by atoms with Crippen LogP contribution in [0, 0.1) is 0 Å². The molecule has 3 rings (SSSR count). The summed E-state index contributed by atoms with van der Waals surface area (Å²) in [5, 5.41) is 22.3. The van der Waals surface area contributed by atoms with Gasteiger partial charge in [0, 0.05) is 4.91 Å². The van der Waals surface area contributed by atoms with Gasteiger partial charge in [-0.2, -0.15) is 0 Å². The minimum absolute atomic E-state index is 0.188. The Morgan fingerprint density at radius 3 is 3.05 bits per heavy atom. The van der Waals surface area contributed by atoms with E-state index in [4.69, 9.17) is 20.8 Å². The number of imidazole rings is 1. The number of nitrogen functional groups attached to an aromatic ring is 1. The van der Waals surface area contributed by atoms with Gasteiger partial charge in [-0.3, -0.25) is 4.57 Å². The maximum Gasteiger partial charge on any atom is 0.181 e. The third kappa shape index (κ3) is 2.16. The van der Waals surface area contributed by atoms with Gasteiger partial charge in [0.2, 0.25) is 0 Å². The number of ether oxygens (including phenoxy) is 1. The Hall–Kier alpha value is -2.66. The van der Waals surface area contributed by atoms with Gasteiger partial charge >= 0.3 is 0 Å². The molecule has 0 radical (unpaired) electrons. The van der Waals surface area contributed by atoms with Gasteiger partial charge in [0.1, 0.15) is 29.3 Å².